The number of imidazole rings is 1. The number of fused-ring (bicyclic) bond motifs is 6. The van der Waals surface area contributed by atoms with Crippen molar-refractivity contribution in [3.05, 3.63) is 169 Å². The van der Waals surface area contributed by atoms with Gasteiger partial charge in [-0.2, -0.15) is 0 Å². The molecule has 7 aromatic carbocycles. The smallest absolute Gasteiger partial charge is 0.149 e. The van der Waals surface area contributed by atoms with Gasteiger partial charge in [0, 0.05) is 33.7 Å². The van der Waals surface area contributed by atoms with E-state index in [0.717, 1.165) is 82.9 Å². The summed E-state index contributed by atoms with van der Waals surface area (Å²) < 4.78 is 8.83. The highest BCUT2D eigenvalue weighted by atomic mass is 16.3. The fourth-order valence-corrected chi connectivity index (χ4v) is 8.49. The number of pyridine rings is 1. The lowest BCUT2D eigenvalue weighted by Gasteiger charge is -2.23. The van der Waals surface area contributed by atoms with Crippen LogP contribution in [-0.4, -0.2) is 19.6 Å². The van der Waals surface area contributed by atoms with E-state index in [9.17, 15) is 5.11 Å². The third kappa shape index (κ3) is 6.16. The summed E-state index contributed by atoms with van der Waals surface area (Å²) in [5.74, 6) is 0.844. The van der Waals surface area contributed by atoms with Gasteiger partial charge in [0.2, 0.25) is 0 Å². The molecule has 59 heavy (non-hydrogen) atoms. The second-order valence-electron chi connectivity index (χ2n) is 17.7. The number of hydrogen-bond donors (Lipinski definition) is 1. The van der Waals surface area contributed by atoms with E-state index in [0.29, 0.717) is 11.4 Å². The molecule has 10 aromatic rings. The van der Waals surface area contributed by atoms with Crippen molar-refractivity contribution in [3.8, 4) is 56.3 Å². The van der Waals surface area contributed by atoms with E-state index < -0.39 is 0 Å². The monoisotopic (exact) mass is 767 g/mol. The number of phenolic OH excluding ortho intramolecular Hbond substituents is 1. The summed E-state index contributed by atoms with van der Waals surface area (Å²) in [4.78, 5) is 10.5. The van der Waals surface area contributed by atoms with Gasteiger partial charge in [-0.05, 0) is 93.1 Å². The molecule has 0 saturated carbocycles. The lowest BCUT2D eigenvalue weighted by molar-refractivity contribution is 0.477. The zero-order valence-corrected chi connectivity index (χ0v) is 34.2. The lowest BCUT2D eigenvalue weighted by Crippen LogP contribution is -2.12. The zero-order valence-electron chi connectivity index (χ0n) is 34.2. The molecule has 0 saturated heterocycles. The molecular formula is C54H45N3O2. The quantitative estimate of drug-likeness (QED) is 0.189. The van der Waals surface area contributed by atoms with Gasteiger partial charge in [-0.1, -0.05) is 139 Å². The van der Waals surface area contributed by atoms with Crippen LogP contribution in [0.2, 0.25) is 0 Å². The Morgan fingerprint density at radius 2 is 1.29 bits per heavy atom. The normalized spacial score (nSPS) is 12.3. The third-order valence-corrected chi connectivity index (χ3v) is 11.7. The first-order chi connectivity index (χ1) is 28.4. The number of hydrogen-bond acceptors (Lipinski definition) is 4. The van der Waals surface area contributed by atoms with Crippen molar-refractivity contribution in [2.75, 3.05) is 0 Å². The van der Waals surface area contributed by atoms with Crippen molar-refractivity contribution in [2.45, 2.75) is 52.4 Å². The standard InChI is InChI=1S/C54H45N3O2/c1-53(2,3)37-24-26-44(43(32-37)33-15-8-7-9-16-33)57-45-21-14-20-39(50(45)56-52(57)41-19-12-13-22-46(41)58)35-29-36(31-38(30-35)54(4,5)6)49-48-42-25-23-34-17-10-11-18-40(34)51(42)59-47(48)27-28-55-49/h7-32,58H,1-6H3. The van der Waals surface area contributed by atoms with Gasteiger partial charge in [0.1, 0.15) is 22.7 Å². The minimum Gasteiger partial charge on any atom is -0.507 e. The lowest BCUT2D eigenvalue weighted by atomic mass is 9.83. The maximum Gasteiger partial charge on any atom is 0.149 e. The summed E-state index contributed by atoms with van der Waals surface area (Å²) in [6, 6.07) is 52.7. The molecule has 0 radical (unpaired) electrons. The Balaban J connectivity index is 1.25. The molecule has 0 fully saturated rings. The second-order valence-corrected chi connectivity index (χ2v) is 17.7. The van der Waals surface area contributed by atoms with E-state index in [4.69, 9.17) is 14.4 Å². The molecule has 0 aliphatic carbocycles. The van der Waals surface area contributed by atoms with Gasteiger partial charge in [-0.15, -0.1) is 0 Å². The first-order valence-electron chi connectivity index (χ1n) is 20.3. The van der Waals surface area contributed by atoms with Gasteiger partial charge in [0.05, 0.1) is 33.4 Å². The summed E-state index contributed by atoms with van der Waals surface area (Å²) >= 11 is 0. The van der Waals surface area contributed by atoms with Crippen LogP contribution in [0.15, 0.2) is 162 Å². The van der Waals surface area contributed by atoms with E-state index in [1.165, 1.54) is 11.1 Å². The summed E-state index contributed by atoms with van der Waals surface area (Å²) in [6.45, 7) is 13.5. The fraction of sp³-hybridized carbons (Fsp3) is 0.148. The Morgan fingerprint density at radius 1 is 0.559 bits per heavy atom. The van der Waals surface area contributed by atoms with Crippen LogP contribution in [0.3, 0.4) is 0 Å². The molecule has 3 heterocycles. The summed E-state index contributed by atoms with van der Waals surface area (Å²) in [5, 5.41) is 15.7. The molecule has 0 unspecified atom stereocenters. The largest absolute Gasteiger partial charge is 0.507 e. The highest BCUT2D eigenvalue weighted by Crippen LogP contribution is 2.44. The van der Waals surface area contributed by atoms with E-state index in [1.807, 2.05) is 30.5 Å². The molecule has 0 amide bonds. The maximum absolute atomic E-state index is 11.4. The van der Waals surface area contributed by atoms with Crippen LogP contribution in [0.1, 0.15) is 52.7 Å². The predicted molar refractivity (Wildman–Crippen MR) is 244 cm³/mol. The van der Waals surface area contributed by atoms with Crippen molar-refractivity contribution < 1.29 is 9.52 Å². The van der Waals surface area contributed by atoms with Gasteiger partial charge in [-0.3, -0.25) is 9.55 Å². The SMILES string of the molecule is CC(C)(C)c1cc(-c2cccc3c2nc(-c2ccccc2O)n3-c2ccc(C(C)(C)C)cc2-c2ccccc2)cc(-c2nccc3oc4c5ccccc5ccc4c23)c1. The summed E-state index contributed by atoms with van der Waals surface area (Å²) in [5.41, 5.74) is 13.4. The number of para-hydroxylation sites is 2. The van der Waals surface area contributed by atoms with Crippen LogP contribution in [0.4, 0.5) is 0 Å². The van der Waals surface area contributed by atoms with Crippen molar-refractivity contribution in [1.29, 1.82) is 0 Å². The molecule has 0 aliphatic heterocycles. The highest BCUT2D eigenvalue weighted by molar-refractivity contribution is 6.18. The molecular weight excluding hydrogens is 723 g/mol. The predicted octanol–water partition coefficient (Wildman–Crippen LogP) is 14.4. The molecule has 0 spiro atoms. The Kier molecular flexibility index (Phi) is 8.36. The Labute approximate surface area is 344 Å². The van der Waals surface area contributed by atoms with Crippen LogP contribution in [0.25, 0.3) is 94.3 Å². The van der Waals surface area contributed by atoms with Crippen LogP contribution in [0, 0.1) is 0 Å². The number of aromatic nitrogens is 3. The average Bonchev–Trinajstić information content (AvgIpc) is 3.82. The molecule has 5 nitrogen and oxygen atoms in total. The van der Waals surface area contributed by atoms with Crippen molar-refractivity contribution in [2.24, 2.45) is 0 Å². The molecule has 10 rings (SSSR count). The first-order valence-corrected chi connectivity index (χ1v) is 20.3. The Hall–Kier alpha value is -6.98. The minimum atomic E-state index is -0.166. The number of aromatic hydroxyl groups is 1. The van der Waals surface area contributed by atoms with Crippen LogP contribution in [-0.2, 0) is 10.8 Å². The van der Waals surface area contributed by atoms with Gasteiger partial charge < -0.3 is 9.52 Å². The van der Waals surface area contributed by atoms with E-state index in [2.05, 4.69) is 167 Å². The second kappa shape index (κ2) is 13.6. The minimum absolute atomic E-state index is 0.0573. The van der Waals surface area contributed by atoms with E-state index in [-0.39, 0.29) is 16.6 Å². The summed E-state index contributed by atoms with van der Waals surface area (Å²) in [6.07, 6.45) is 1.85. The molecule has 0 aliphatic rings. The van der Waals surface area contributed by atoms with Crippen molar-refractivity contribution in [1.82, 2.24) is 14.5 Å². The maximum atomic E-state index is 11.4. The molecule has 3 aromatic heterocycles. The molecule has 5 heteroatoms. The van der Waals surface area contributed by atoms with Gasteiger partial charge in [0.25, 0.3) is 0 Å². The molecule has 0 bridgehead atoms. The number of benzene rings is 7. The summed E-state index contributed by atoms with van der Waals surface area (Å²) in [7, 11) is 0. The topological polar surface area (TPSA) is 64.1 Å². The third-order valence-electron chi connectivity index (χ3n) is 11.7. The molecule has 1 N–H and O–H groups in total. The highest BCUT2D eigenvalue weighted by Gasteiger charge is 2.25. The number of nitrogens with zero attached hydrogens (tertiary/aromatic N) is 3. The average molecular weight is 768 g/mol. The number of furan rings is 1. The first kappa shape index (κ1) is 36.4. The van der Waals surface area contributed by atoms with Crippen LogP contribution < -0.4 is 0 Å². The van der Waals surface area contributed by atoms with Crippen molar-refractivity contribution in [3.63, 3.8) is 0 Å². The van der Waals surface area contributed by atoms with E-state index in [1.54, 1.807) is 6.07 Å². The molecule has 288 valence electrons. The Bertz CT molecular complexity index is 3250. The van der Waals surface area contributed by atoms with Gasteiger partial charge in [-0.25, -0.2) is 4.98 Å². The van der Waals surface area contributed by atoms with Crippen LogP contribution in [0.5, 0.6) is 5.75 Å². The zero-order chi connectivity index (χ0) is 40.6. The number of phenols is 1. The molecule has 0 atom stereocenters. The number of rotatable bonds is 5. The van der Waals surface area contributed by atoms with Crippen molar-refractivity contribution >= 4 is 43.7 Å². The Morgan fingerprint density at radius 3 is 2.08 bits per heavy atom. The fourth-order valence-electron chi connectivity index (χ4n) is 8.49. The van der Waals surface area contributed by atoms with Gasteiger partial charge >= 0.3 is 0 Å². The van der Waals surface area contributed by atoms with E-state index >= 15 is 0 Å². The van der Waals surface area contributed by atoms with Gasteiger partial charge in [0.15, 0.2) is 0 Å². The van der Waals surface area contributed by atoms with Crippen LogP contribution >= 0.6 is 0 Å².